The SMILES string of the molecule is CC(CCCC(F)(F)F)NCCCNS(C)(=O)=O. The first-order chi connectivity index (χ1) is 8.10. The standard InChI is InChI=1S/C10H21F3N2O2S/c1-9(5-3-6-10(11,12)13)14-7-4-8-15-18(2,16)17/h9,14-15H,3-8H2,1-2H3. The topological polar surface area (TPSA) is 58.2 Å². The van der Waals surface area contributed by atoms with E-state index in [1.54, 1.807) is 0 Å². The quantitative estimate of drug-likeness (QED) is 0.635. The molecule has 0 amide bonds. The third-order valence-electron chi connectivity index (χ3n) is 2.31. The van der Waals surface area contributed by atoms with Gasteiger partial charge < -0.3 is 5.32 Å². The van der Waals surface area contributed by atoms with Crippen molar-refractivity contribution in [1.29, 1.82) is 0 Å². The smallest absolute Gasteiger partial charge is 0.314 e. The van der Waals surface area contributed by atoms with Crippen LogP contribution in [-0.2, 0) is 10.0 Å². The van der Waals surface area contributed by atoms with Crippen molar-refractivity contribution >= 4 is 10.0 Å². The molecular formula is C10H21F3N2O2S. The third-order valence-corrected chi connectivity index (χ3v) is 3.04. The van der Waals surface area contributed by atoms with E-state index in [0.717, 1.165) is 6.26 Å². The van der Waals surface area contributed by atoms with E-state index >= 15 is 0 Å². The van der Waals surface area contributed by atoms with E-state index in [9.17, 15) is 21.6 Å². The van der Waals surface area contributed by atoms with Crippen molar-refractivity contribution in [3.8, 4) is 0 Å². The van der Waals surface area contributed by atoms with Crippen LogP contribution in [0.3, 0.4) is 0 Å². The Morgan fingerprint density at radius 1 is 1.17 bits per heavy atom. The summed E-state index contributed by atoms with van der Waals surface area (Å²) in [7, 11) is -3.16. The molecule has 0 aromatic carbocycles. The van der Waals surface area contributed by atoms with Crippen LogP contribution in [0.5, 0.6) is 0 Å². The Bertz CT molecular complexity index is 318. The van der Waals surface area contributed by atoms with Crippen LogP contribution < -0.4 is 10.0 Å². The van der Waals surface area contributed by atoms with Crippen LogP contribution in [0.15, 0.2) is 0 Å². The summed E-state index contributed by atoms with van der Waals surface area (Å²) in [6, 6.07) is 0.00517. The van der Waals surface area contributed by atoms with Gasteiger partial charge in [-0.15, -0.1) is 0 Å². The van der Waals surface area contributed by atoms with E-state index in [4.69, 9.17) is 0 Å². The van der Waals surface area contributed by atoms with Crippen molar-refractivity contribution in [3.05, 3.63) is 0 Å². The Morgan fingerprint density at radius 2 is 1.78 bits per heavy atom. The lowest BCUT2D eigenvalue weighted by Gasteiger charge is -2.14. The van der Waals surface area contributed by atoms with Gasteiger partial charge in [-0.2, -0.15) is 13.2 Å². The van der Waals surface area contributed by atoms with Gasteiger partial charge in [0.2, 0.25) is 10.0 Å². The van der Waals surface area contributed by atoms with Crippen molar-refractivity contribution in [3.63, 3.8) is 0 Å². The summed E-state index contributed by atoms with van der Waals surface area (Å²) < 4.78 is 59.4. The minimum atomic E-state index is -4.08. The van der Waals surface area contributed by atoms with Crippen molar-refractivity contribution in [2.24, 2.45) is 0 Å². The maximum absolute atomic E-state index is 11.9. The van der Waals surface area contributed by atoms with Crippen LogP contribution in [0.4, 0.5) is 13.2 Å². The second-order valence-electron chi connectivity index (χ2n) is 4.38. The molecule has 0 saturated carbocycles. The molecule has 0 aliphatic carbocycles. The highest BCUT2D eigenvalue weighted by molar-refractivity contribution is 7.88. The fraction of sp³-hybridized carbons (Fsp3) is 1.00. The second kappa shape index (κ2) is 7.96. The molecule has 1 unspecified atom stereocenters. The van der Waals surface area contributed by atoms with Gasteiger partial charge in [0.25, 0.3) is 0 Å². The summed E-state index contributed by atoms with van der Waals surface area (Å²) >= 11 is 0. The van der Waals surface area contributed by atoms with Gasteiger partial charge in [0.1, 0.15) is 0 Å². The van der Waals surface area contributed by atoms with Gasteiger partial charge in [0, 0.05) is 19.0 Å². The van der Waals surface area contributed by atoms with E-state index in [2.05, 4.69) is 10.0 Å². The first kappa shape index (κ1) is 17.7. The van der Waals surface area contributed by atoms with Crippen LogP contribution in [-0.4, -0.2) is 40.0 Å². The molecule has 0 aliphatic heterocycles. The summed E-state index contributed by atoms with van der Waals surface area (Å²) in [6.45, 7) is 2.73. The number of halogens is 3. The number of hydrogen-bond acceptors (Lipinski definition) is 3. The molecule has 0 saturated heterocycles. The highest BCUT2D eigenvalue weighted by Gasteiger charge is 2.26. The minimum absolute atomic E-state index is 0.00517. The van der Waals surface area contributed by atoms with Gasteiger partial charge in [0.05, 0.1) is 6.26 Å². The summed E-state index contributed by atoms with van der Waals surface area (Å²) in [5, 5.41) is 3.05. The monoisotopic (exact) mass is 290 g/mol. The van der Waals surface area contributed by atoms with E-state index in [-0.39, 0.29) is 12.5 Å². The predicted octanol–water partition coefficient (Wildman–Crippen LogP) is 1.64. The zero-order valence-electron chi connectivity index (χ0n) is 10.7. The largest absolute Gasteiger partial charge is 0.389 e. The van der Waals surface area contributed by atoms with Gasteiger partial charge >= 0.3 is 6.18 Å². The average Bonchev–Trinajstić information content (AvgIpc) is 2.13. The van der Waals surface area contributed by atoms with Gasteiger partial charge in [-0.25, -0.2) is 13.1 Å². The Kier molecular flexibility index (Phi) is 7.81. The first-order valence-electron chi connectivity index (χ1n) is 5.85. The molecule has 0 aromatic rings. The fourth-order valence-corrected chi connectivity index (χ4v) is 1.92. The molecule has 0 aromatic heterocycles. The zero-order valence-corrected chi connectivity index (χ0v) is 11.5. The molecule has 0 radical (unpaired) electrons. The Labute approximate surface area is 106 Å². The first-order valence-corrected chi connectivity index (χ1v) is 7.74. The molecule has 18 heavy (non-hydrogen) atoms. The fourth-order valence-electron chi connectivity index (χ4n) is 1.41. The van der Waals surface area contributed by atoms with E-state index < -0.39 is 22.6 Å². The molecule has 2 N–H and O–H groups in total. The normalized spacial score (nSPS) is 14.7. The van der Waals surface area contributed by atoms with Crippen LogP contribution in [0.25, 0.3) is 0 Å². The molecule has 0 aliphatic rings. The van der Waals surface area contributed by atoms with Crippen molar-refractivity contribution in [2.75, 3.05) is 19.3 Å². The van der Waals surface area contributed by atoms with E-state index in [1.807, 2.05) is 6.92 Å². The third kappa shape index (κ3) is 13.7. The zero-order chi connectivity index (χ0) is 14.2. The van der Waals surface area contributed by atoms with Crippen molar-refractivity contribution in [2.45, 2.75) is 44.8 Å². The predicted molar refractivity (Wildman–Crippen MR) is 64.8 cm³/mol. The number of sulfonamides is 1. The van der Waals surface area contributed by atoms with Gasteiger partial charge in [-0.05, 0) is 32.7 Å². The molecule has 110 valence electrons. The number of alkyl halides is 3. The minimum Gasteiger partial charge on any atom is -0.314 e. The van der Waals surface area contributed by atoms with Gasteiger partial charge in [0.15, 0.2) is 0 Å². The molecule has 1 atom stereocenters. The number of rotatable bonds is 9. The van der Waals surface area contributed by atoms with Crippen molar-refractivity contribution in [1.82, 2.24) is 10.0 Å². The Balaban J connectivity index is 3.46. The number of hydrogen-bond donors (Lipinski definition) is 2. The van der Waals surface area contributed by atoms with Crippen LogP contribution in [0.2, 0.25) is 0 Å². The summed E-state index contributed by atoms with van der Waals surface area (Å²) in [5.41, 5.74) is 0. The lowest BCUT2D eigenvalue weighted by atomic mass is 10.1. The van der Waals surface area contributed by atoms with Crippen LogP contribution in [0, 0.1) is 0 Å². The molecule has 0 fully saturated rings. The molecule has 0 rings (SSSR count). The van der Waals surface area contributed by atoms with Crippen molar-refractivity contribution < 1.29 is 21.6 Å². The Hall–Kier alpha value is -0.340. The number of nitrogens with one attached hydrogen (secondary N) is 2. The highest BCUT2D eigenvalue weighted by atomic mass is 32.2. The molecule has 4 nitrogen and oxygen atoms in total. The Morgan fingerprint density at radius 3 is 2.28 bits per heavy atom. The second-order valence-corrected chi connectivity index (χ2v) is 6.22. The maximum atomic E-state index is 11.9. The van der Waals surface area contributed by atoms with E-state index in [0.29, 0.717) is 25.9 Å². The van der Waals surface area contributed by atoms with Gasteiger partial charge in [-0.3, -0.25) is 0 Å². The maximum Gasteiger partial charge on any atom is 0.389 e. The molecule has 0 heterocycles. The van der Waals surface area contributed by atoms with Gasteiger partial charge in [-0.1, -0.05) is 0 Å². The molecule has 8 heteroatoms. The molecule has 0 bridgehead atoms. The lowest BCUT2D eigenvalue weighted by molar-refractivity contribution is -0.135. The van der Waals surface area contributed by atoms with Crippen LogP contribution >= 0.6 is 0 Å². The summed E-state index contributed by atoms with van der Waals surface area (Å²) in [5.74, 6) is 0. The van der Waals surface area contributed by atoms with Crippen LogP contribution in [0.1, 0.15) is 32.6 Å². The summed E-state index contributed by atoms with van der Waals surface area (Å²) in [4.78, 5) is 0. The van der Waals surface area contributed by atoms with E-state index in [1.165, 1.54) is 0 Å². The molecule has 0 spiro atoms. The average molecular weight is 290 g/mol. The lowest BCUT2D eigenvalue weighted by Crippen LogP contribution is -2.30. The summed E-state index contributed by atoms with van der Waals surface area (Å²) in [6.07, 6.45) is -2.58. The highest BCUT2D eigenvalue weighted by Crippen LogP contribution is 2.22. The molecular weight excluding hydrogens is 269 g/mol.